The van der Waals surface area contributed by atoms with E-state index in [-0.39, 0.29) is 5.25 Å². The van der Waals surface area contributed by atoms with Crippen LogP contribution in [0.15, 0.2) is 6.07 Å². The zero-order valence-electron chi connectivity index (χ0n) is 12.0. The average molecular weight is 311 g/mol. The third-order valence-corrected chi connectivity index (χ3v) is 7.02. The van der Waals surface area contributed by atoms with Gasteiger partial charge in [-0.05, 0) is 44.1 Å². The zero-order valence-corrected chi connectivity index (χ0v) is 12.8. The minimum Gasteiger partial charge on any atom is -0.386 e. The topological polar surface area (TPSA) is 75.4 Å². The number of aryl methyl sites for hydroxylation is 1. The van der Waals surface area contributed by atoms with Gasteiger partial charge in [-0.25, -0.2) is 8.42 Å². The Bertz CT molecular complexity index is 646. The van der Waals surface area contributed by atoms with Gasteiger partial charge in [-0.1, -0.05) is 0 Å². The Morgan fingerprint density at radius 2 is 2.00 bits per heavy atom. The molecule has 116 valence electrons. The maximum Gasteiger partial charge on any atom is 0.217 e. The fourth-order valence-corrected chi connectivity index (χ4v) is 4.90. The fraction of sp³-hybridized carbons (Fsp3) is 0.786. The van der Waals surface area contributed by atoms with Crippen LogP contribution in [0.5, 0.6) is 0 Å². The van der Waals surface area contributed by atoms with Crippen molar-refractivity contribution in [3.8, 4) is 0 Å². The summed E-state index contributed by atoms with van der Waals surface area (Å²) in [5.41, 5.74) is 1.62. The summed E-state index contributed by atoms with van der Waals surface area (Å²) >= 11 is 0. The van der Waals surface area contributed by atoms with Crippen molar-refractivity contribution in [1.82, 2.24) is 14.1 Å². The monoisotopic (exact) mass is 311 g/mol. The van der Waals surface area contributed by atoms with Gasteiger partial charge in [0.2, 0.25) is 10.0 Å². The second kappa shape index (κ2) is 4.79. The number of hydrogen-bond donors (Lipinski definition) is 1. The first-order valence-electron chi connectivity index (χ1n) is 7.79. The second-order valence-electron chi connectivity index (χ2n) is 6.50. The molecule has 6 nitrogen and oxygen atoms in total. The SMILES string of the molecule is O=S(=O)(C1CC1)N1CCCn2nc([C@@H](O)C3CC3)cc2C1. The van der Waals surface area contributed by atoms with Crippen molar-refractivity contribution in [1.29, 1.82) is 0 Å². The standard InChI is InChI=1S/C14H21N3O3S/c18-14(10-2-3-10)13-8-11-9-16(6-1-7-17(11)15-13)21(19,20)12-4-5-12/h8,10,12,14,18H,1-7,9H2/t14-/m0/s1. The van der Waals surface area contributed by atoms with E-state index >= 15 is 0 Å². The number of hydrogen-bond acceptors (Lipinski definition) is 4. The normalized spacial score (nSPS) is 25.4. The summed E-state index contributed by atoms with van der Waals surface area (Å²) in [6, 6.07) is 1.89. The third-order valence-electron chi connectivity index (χ3n) is 4.68. The molecular formula is C14H21N3O3S. The van der Waals surface area contributed by atoms with Gasteiger partial charge >= 0.3 is 0 Å². The van der Waals surface area contributed by atoms with Gasteiger partial charge in [0.15, 0.2) is 0 Å². The van der Waals surface area contributed by atoms with Crippen LogP contribution in [0, 0.1) is 5.92 Å². The van der Waals surface area contributed by atoms with Crippen LogP contribution in [-0.4, -0.2) is 39.4 Å². The summed E-state index contributed by atoms with van der Waals surface area (Å²) < 4.78 is 28.3. The van der Waals surface area contributed by atoms with Crippen LogP contribution in [0.2, 0.25) is 0 Å². The van der Waals surface area contributed by atoms with Crippen molar-refractivity contribution >= 4 is 10.0 Å². The Hall–Kier alpha value is -0.920. The Labute approximate surface area is 124 Å². The Balaban J connectivity index is 1.59. The first-order valence-corrected chi connectivity index (χ1v) is 9.29. The molecule has 0 bridgehead atoms. The summed E-state index contributed by atoms with van der Waals surface area (Å²) in [5.74, 6) is 0.343. The molecule has 7 heteroatoms. The Kier molecular flexibility index (Phi) is 3.13. The largest absolute Gasteiger partial charge is 0.386 e. The highest BCUT2D eigenvalue weighted by Crippen LogP contribution is 2.41. The van der Waals surface area contributed by atoms with Gasteiger partial charge in [0, 0.05) is 13.1 Å². The van der Waals surface area contributed by atoms with Crippen molar-refractivity contribution in [3.05, 3.63) is 17.5 Å². The summed E-state index contributed by atoms with van der Waals surface area (Å²) in [4.78, 5) is 0. The van der Waals surface area contributed by atoms with Crippen LogP contribution in [0.4, 0.5) is 0 Å². The smallest absolute Gasteiger partial charge is 0.217 e. The Morgan fingerprint density at radius 3 is 2.67 bits per heavy atom. The number of aliphatic hydroxyl groups is 1. The number of aromatic nitrogens is 2. The summed E-state index contributed by atoms with van der Waals surface area (Å²) in [6.45, 7) is 1.69. The first kappa shape index (κ1) is 13.7. The Morgan fingerprint density at radius 1 is 1.24 bits per heavy atom. The number of rotatable bonds is 4. The summed E-state index contributed by atoms with van der Waals surface area (Å²) in [5, 5.41) is 14.5. The van der Waals surface area contributed by atoms with E-state index in [1.165, 1.54) is 0 Å². The van der Waals surface area contributed by atoms with E-state index in [9.17, 15) is 13.5 Å². The lowest BCUT2D eigenvalue weighted by atomic mass is 10.1. The highest BCUT2D eigenvalue weighted by Gasteiger charge is 2.41. The number of aliphatic hydroxyl groups excluding tert-OH is 1. The molecule has 0 saturated heterocycles. The summed E-state index contributed by atoms with van der Waals surface area (Å²) in [6.07, 6.45) is 4.00. The maximum absolute atomic E-state index is 12.4. The van der Waals surface area contributed by atoms with Gasteiger partial charge in [-0.15, -0.1) is 0 Å². The van der Waals surface area contributed by atoms with Crippen LogP contribution in [0.25, 0.3) is 0 Å². The van der Waals surface area contributed by atoms with Gasteiger partial charge in [0.05, 0.1) is 23.2 Å². The predicted octanol–water partition coefficient (Wildman–Crippen LogP) is 1.02. The molecule has 0 amide bonds. The second-order valence-corrected chi connectivity index (χ2v) is 8.71. The molecule has 4 rings (SSSR count). The van der Waals surface area contributed by atoms with Crippen LogP contribution in [0.3, 0.4) is 0 Å². The molecule has 2 aliphatic carbocycles. The van der Waals surface area contributed by atoms with Gasteiger partial charge in [-0.3, -0.25) is 4.68 Å². The van der Waals surface area contributed by atoms with Crippen LogP contribution >= 0.6 is 0 Å². The molecule has 1 aromatic rings. The summed E-state index contributed by atoms with van der Waals surface area (Å²) in [7, 11) is -3.14. The van der Waals surface area contributed by atoms with E-state index in [1.807, 2.05) is 10.7 Å². The number of fused-ring (bicyclic) bond motifs is 1. The minimum absolute atomic E-state index is 0.163. The van der Waals surface area contributed by atoms with Crippen molar-refractivity contribution in [3.63, 3.8) is 0 Å². The van der Waals surface area contributed by atoms with Crippen LogP contribution in [0.1, 0.15) is 49.6 Å². The fourth-order valence-electron chi connectivity index (χ4n) is 3.05. The van der Waals surface area contributed by atoms with Crippen LogP contribution < -0.4 is 0 Å². The third kappa shape index (κ3) is 2.51. The molecular weight excluding hydrogens is 290 g/mol. The van der Waals surface area contributed by atoms with E-state index in [0.717, 1.165) is 44.3 Å². The van der Waals surface area contributed by atoms with Crippen molar-refractivity contribution < 1.29 is 13.5 Å². The van der Waals surface area contributed by atoms with Gasteiger partial charge < -0.3 is 5.11 Å². The highest BCUT2D eigenvalue weighted by atomic mass is 32.2. The van der Waals surface area contributed by atoms with E-state index < -0.39 is 16.1 Å². The number of nitrogens with zero attached hydrogens (tertiary/aromatic N) is 3. The molecule has 1 atom stereocenters. The van der Waals surface area contributed by atoms with E-state index in [2.05, 4.69) is 5.10 Å². The molecule has 2 heterocycles. The molecule has 0 spiro atoms. The van der Waals surface area contributed by atoms with Crippen molar-refractivity contribution in [2.45, 2.75) is 56.5 Å². The highest BCUT2D eigenvalue weighted by molar-refractivity contribution is 7.90. The van der Waals surface area contributed by atoms with Gasteiger partial charge in [0.25, 0.3) is 0 Å². The van der Waals surface area contributed by atoms with Crippen LogP contribution in [-0.2, 0) is 23.1 Å². The van der Waals surface area contributed by atoms with Gasteiger partial charge in [-0.2, -0.15) is 9.40 Å². The molecule has 0 radical (unpaired) electrons. The maximum atomic E-state index is 12.4. The molecule has 2 saturated carbocycles. The molecule has 0 unspecified atom stereocenters. The zero-order chi connectivity index (χ0) is 14.6. The lowest BCUT2D eigenvalue weighted by Crippen LogP contribution is -2.33. The lowest BCUT2D eigenvalue weighted by molar-refractivity contribution is 0.148. The predicted molar refractivity (Wildman–Crippen MR) is 76.9 cm³/mol. The minimum atomic E-state index is -3.14. The van der Waals surface area contributed by atoms with E-state index in [0.29, 0.717) is 24.7 Å². The molecule has 0 aromatic carbocycles. The van der Waals surface area contributed by atoms with Crippen molar-refractivity contribution in [2.75, 3.05) is 6.54 Å². The molecule has 1 aliphatic heterocycles. The van der Waals surface area contributed by atoms with Gasteiger partial charge in [0.1, 0.15) is 6.10 Å². The first-order chi connectivity index (χ1) is 10.1. The average Bonchev–Trinajstić information content (AvgIpc) is 3.33. The quantitative estimate of drug-likeness (QED) is 0.901. The molecule has 3 aliphatic rings. The molecule has 1 N–H and O–H groups in total. The molecule has 2 fully saturated rings. The molecule has 21 heavy (non-hydrogen) atoms. The van der Waals surface area contributed by atoms with E-state index in [1.54, 1.807) is 4.31 Å². The van der Waals surface area contributed by atoms with E-state index in [4.69, 9.17) is 0 Å². The number of sulfonamides is 1. The molecule has 1 aromatic heterocycles. The lowest BCUT2D eigenvalue weighted by Gasteiger charge is -2.19. The van der Waals surface area contributed by atoms with Crippen molar-refractivity contribution in [2.24, 2.45) is 5.92 Å².